The number of amides is 1. The number of ether oxygens (including phenoxy) is 7. The maximum Gasteiger partial charge on any atom is 0.511 e. The number of nitrogens with one attached hydrogen (secondary N) is 1. The van der Waals surface area contributed by atoms with E-state index in [1.165, 1.54) is 24.3 Å². The molecule has 0 unspecified atom stereocenters. The van der Waals surface area contributed by atoms with Crippen LogP contribution < -0.4 is 5.32 Å². The number of rotatable bonds is 12. The molecule has 244 valence electrons. The number of aliphatic hydroxyl groups excluding tert-OH is 1. The number of fused-ring (bicyclic) bond motifs is 1. The molecule has 0 heterocycles. The summed E-state index contributed by atoms with van der Waals surface area (Å²) in [5, 5.41) is 14.0. The predicted octanol–water partition coefficient (Wildman–Crippen LogP) is 3.38. The Morgan fingerprint density at radius 2 is 1.48 bits per heavy atom. The van der Waals surface area contributed by atoms with E-state index in [4.69, 9.17) is 18.9 Å². The fraction of sp³-hybridized carbons (Fsp3) is 0.607. The van der Waals surface area contributed by atoms with E-state index in [2.05, 4.69) is 19.5 Å². The van der Waals surface area contributed by atoms with Crippen molar-refractivity contribution in [2.24, 2.45) is 23.7 Å². The first kappa shape index (κ1) is 34.7. The number of benzene rings is 1. The summed E-state index contributed by atoms with van der Waals surface area (Å²) in [6, 6.07) is 5.48. The zero-order valence-corrected chi connectivity index (χ0v) is 25.7. The fourth-order valence-corrected chi connectivity index (χ4v) is 6.33. The quantitative estimate of drug-likeness (QED) is 0.146. The van der Waals surface area contributed by atoms with Crippen LogP contribution in [-0.2, 0) is 42.7 Å². The predicted molar refractivity (Wildman–Crippen MR) is 147 cm³/mol. The molecule has 2 fully saturated rings. The average Bonchev–Trinajstić information content (AvgIpc) is 3.63. The van der Waals surface area contributed by atoms with Crippen LogP contribution in [-0.4, -0.2) is 85.2 Å². The van der Waals surface area contributed by atoms with Crippen LogP contribution in [0.2, 0.25) is 0 Å². The summed E-state index contributed by atoms with van der Waals surface area (Å²) in [6.45, 7) is 6.23. The highest BCUT2D eigenvalue weighted by molar-refractivity contribution is 7.99. The summed E-state index contributed by atoms with van der Waals surface area (Å²) in [5.74, 6) is -6.66. The number of aliphatic hydroxyl groups is 1. The molecule has 2 aliphatic rings. The van der Waals surface area contributed by atoms with Crippen LogP contribution in [0.4, 0.5) is 18.8 Å². The van der Waals surface area contributed by atoms with Gasteiger partial charge in [-0.25, -0.2) is 23.6 Å². The number of thioether (sulfide) groups is 1. The van der Waals surface area contributed by atoms with Crippen molar-refractivity contribution in [2.75, 3.05) is 32.6 Å². The molecule has 14 nitrogen and oxygen atoms in total. The Morgan fingerprint density at radius 3 is 2.02 bits per heavy atom. The number of carbonyl (C=O) groups excluding carboxylic acids is 5. The monoisotopic (exact) mass is 645 g/mol. The molecule has 0 aromatic heterocycles. The highest BCUT2D eigenvalue weighted by Crippen LogP contribution is 2.65. The van der Waals surface area contributed by atoms with E-state index in [-0.39, 0.29) is 19.0 Å². The number of esters is 2. The standard InChI is InChI=1S/C28H36FNO13S/c1-6-37-25(35)41-13-39-22(32)19-18-20(19)28(30-24(34)43-27(3,4)5,23(33)40-14-42-26(36)38-7-2)17(21(18)31)12-44-16-10-8-15(29)9-11-16/h8-11,17-21,31H,6-7,12-14H2,1-5H3,(H,30,34)/t17-,18+,19+,20+,21-,28+/m1/s1. The Hall–Kier alpha value is -3.79. The lowest BCUT2D eigenvalue weighted by Crippen LogP contribution is -2.63. The van der Waals surface area contributed by atoms with Crippen molar-refractivity contribution in [2.45, 2.75) is 56.8 Å². The molecule has 6 atom stereocenters. The third-order valence-corrected chi connectivity index (χ3v) is 7.95. The Labute approximate surface area is 257 Å². The highest BCUT2D eigenvalue weighted by atomic mass is 32.2. The minimum absolute atomic E-state index is 0.000775. The van der Waals surface area contributed by atoms with Crippen LogP contribution in [0.1, 0.15) is 34.6 Å². The molecule has 2 N–H and O–H groups in total. The summed E-state index contributed by atoms with van der Waals surface area (Å²) < 4.78 is 47.9. The van der Waals surface area contributed by atoms with Crippen molar-refractivity contribution >= 4 is 42.1 Å². The van der Waals surface area contributed by atoms with Crippen molar-refractivity contribution in [1.29, 1.82) is 0 Å². The molecule has 0 spiro atoms. The second-order valence-electron chi connectivity index (χ2n) is 10.8. The Bertz CT molecular complexity index is 1210. The second-order valence-corrected chi connectivity index (χ2v) is 11.9. The molecule has 44 heavy (non-hydrogen) atoms. The fourth-order valence-electron chi connectivity index (χ4n) is 5.17. The molecule has 1 aromatic rings. The third-order valence-electron chi connectivity index (χ3n) is 6.82. The van der Waals surface area contributed by atoms with Gasteiger partial charge in [0.05, 0.1) is 25.2 Å². The first-order valence-corrected chi connectivity index (χ1v) is 14.7. The molecule has 0 bridgehead atoms. The SMILES string of the molecule is CCOC(=O)OCOC(=O)[C@H]1[C@@H]2[C@H](O)[C@@H](CSc3ccc(F)cc3)[C@@](NC(=O)OC(C)(C)C)(C(=O)OCOC(=O)OCC)[C@H]12. The first-order valence-electron chi connectivity index (χ1n) is 13.8. The smallest absolute Gasteiger partial charge is 0.444 e. The molecule has 2 aliphatic carbocycles. The van der Waals surface area contributed by atoms with Gasteiger partial charge in [-0.3, -0.25) is 4.79 Å². The molecule has 0 radical (unpaired) electrons. The van der Waals surface area contributed by atoms with Gasteiger partial charge >= 0.3 is 30.3 Å². The van der Waals surface area contributed by atoms with E-state index >= 15 is 0 Å². The third kappa shape index (κ3) is 8.43. The van der Waals surface area contributed by atoms with Crippen LogP contribution in [0.5, 0.6) is 0 Å². The van der Waals surface area contributed by atoms with Gasteiger partial charge in [-0.15, -0.1) is 11.8 Å². The van der Waals surface area contributed by atoms with E-state index in [1.54, 1.807) is 34.6 Å². The number of hydrogen-bond donors (Lipinski definition) is 2. The zero-order valence-electron chi connectivity index (χ0n) is 24.9. The van der Waals surface area contributed by atoms with Gasteiger partial charge in [-0.1, -0.05) is 0 Å². The molecule has 0 aliphatic heterocycles. The normalized spacial score (nSPS) is 25.1. The molecule has 1 aromatic carbocycles. The number of carbonyl (C=O) groups is 5. The van der Waals surface area contributed by atoms with Crippen molar-refractivity contribution in [1.82, 2.24) is 5.32 Å². The molecular weight excluding hydrogens is 609 g/mol. The van der Waals surface area contributed by atoms with Crippen LogP contribution >= 0.6 is 11.8 Å². The van der Waals surface area contributed by atoms with Gasteiger partial charge < -0.3 is 43.6 Å². The lowest BCUT2D eigenvalue weighted by Gasteiger charge is -2.38. The summed E-state index contributed by atoms with van der Waals surface area (Å²) >= 11 is 1.16. The summed E-state index contributed by atoms with van der Waals surface area (Å²) in [5.41, 5.74) is -3.08. The maximum absolute atomic E-state index is 13.9. The van der Waals surface area contributed by atoms with Crippen LogP contribution in [0.3, 0.4) is 0 Å². The Kier molecular flexibility index (Phi) is 11.7. The highest BCUT2D eigenvalue weighted by Gasteiger charge is 2.80. The van der Waals surface area contributed by atoms with Crippen molar-refractivity contribution < 1.29 is 66.6 Å². The maximum atomic E-state index is 13.9. The minimum atomic E-state index is -2.08. The van der Waals surface area contributed by atoms with Gasteiger partial charge in [-0.2, -0.15) is 0 Å². The molecule has 2 saturated carbocycles. The largest absolute Gasteiger partial charge is 0.511 e. The van der Waals surface area contributed by atoms with E-state index in [9.17, 15) is 33.5 Å². The van der Waals surface area contributed by atoms with E-state index < -0.39 is 90.7 Å². The number of alkyl carbamates (subject to hydrolysis) is 1. The molecule has 0 saturated heterocycles. The second kappa shape index (κ2) is 14.8. The molecule has 1 amide bonds. The number of hydrogen-bond acceptors (Lipinski definition) is 14. The van der Waals surface area contributed by atoms with Gasteiger partial charge in [0.25, 0.3) is 0 Å². The average molecular weight is 646 g/mol. The minimum Gasteiger partial charge on any atom is -0.444 e. The Morgan fingerprint density at radius 1 is 0.909 bits per heavy atom. The van der Waals surface area contributed by atoms with Crippen molar-refractivity contribution in [3.05, 3.63) is 30.1 Å². The lowest BCUT2D eigenvalue weighted by atomic mass is 9.80. The summed E-state index contributed by atoms with van der Waals surface area (Å²) in [6.07, 6.45) is -4.59. The van der Waals surface area contributed by atoms with Crippen LogP contribution in [0, 0.1) is 29.5 Å². The van der Waals surface area contributed by atoms with E-state index in [1.807, 2.05) is 0 Å². The van der Waals surface area contributed by atoms with E-state index in [0.717, 1.165) is 11.8 Å². The summed E-state index contributed by atoms with van der Waals surface area (Å²) in [7, 11) is 0. The molecule has 3 rings (SSSR count). The first-order chi connectivity index (χ1) is 20.7. The topological polar surface area (TPSA) is 182 Å². The van der Waals surface area contributed by atoms with Crippen LogP contribution in [0.15, 0.2) is 29.2 Å². The lowest BCUT2D eigenvalue weighted by molar-refractivity contribution is -0.167. The molecule has 16 heteroatoms. The summed E-state index contributed by atoms with van der Waals surface area (Å²) in [4.78, 5) is 63.8. The molecular formula is C28H36FNO13S. The van der Waals surface area contributed by atoms with Gasteiger partial charge in [0.15, 0.2) is 5.54 Å². The van der Waals surface area contributed by atoms with Gasteiger partial charge in [0.2, 0.25) is 13.6 Å². The number of halogens is 1. The van der Waals surface area contributed by atoms with Crippen molar-refractivity contribution in [3.8, 4) is 0 Å². The van der Waals surface area contributed by atoms with Gasteiger partial charge in [-0.05, 0) is 58.9 Å². The van der Waals surface area contributed by atoms with E-state index in [0.29, 0.717) is 4.90 Å². The van der Waals surface area contributed by atoms with Crippen molar-refractivity contribution in [3.63, 3.8) is 0 Å². The zero-order chi connectivity index (χ0) is 32.7. The van der Waals surface area contributed by atoms with Gasteiger partial charge in [0, 0.05) is 28.4 Å². The Balaban J connectivity index is 1.92. The van der Waals surface area contributed by atoms with Gasteiger partial charge in [0.1, 0.15) is 11.4 Å². The van der Waals surface area contributed by atoms with Crippen LogP contribution in [0.25, 0.3) is 0 Å².